The van der Waals surface area contributed by atoms with Crippen LogP contribution in [0, 0.1) is 19.8 Å². The van der Waals surface area contributed by atoms with E-state index in [1.165, 1.54) is 0 Å². The molecule has 1 saturated heterocycles. The molecule has 0 aromatic carbocycles. The number of anilines is 2. The molecule has 1 fully saturated rings. The van der Waals surface area contributed by atoms with Crippen LogP contribution in [0.1, 0.15) is 25.1 Å². The molecule has 0 radical (unpaired) electrons. The molecule has 0 atom stereocenters. The fourth-order valence-electron chi connectivity index (χ4n) is 3.22. The molecular formula is C19H28N6OS. The Kier molecular flexibility index (Phi) is 6.04. The maximum Gasteiger partial charge on any atom is 0.266 e. The predicted molar refractivity (Wildman–Crippen MR) is 111 cm³/mol. The SMILES string of the molecule is CSc1nc(C)c(C)c(N2CCN(c3ccc(=O)n(CC(C)C)n3)CC2)n1. The first-order valence-corrected chi connectivity index (χ1v) is 10.6. The molecule has 0 spiro atoms. The smallest absolute Gasteiger partial charge is 0.266 e. The van der Waals surface area contributed by atoms with E-state index in [9.17, 15) is 4.79 Å². The lowest BCUT2D eigenvalue weighted by Crippen LogP contribution is -2.48. The molecule has 0 N–H and O–H groups in total. The molecule has 1 aliphatic rings. The molecule has 2 aromatic heterocycles. The number of aromatic nitrogens is 4. The van der Waals surface area contributed by atoms with Crippen molar-refractivity contribution >= 4 is 23.4 Å². The monoisotopic (exact) mass is 388 g/mol. The van der Waals surface area contributed by atoms with E-state index in [0.717, 1.165) is 54.2 Å². The zero-order valence-electron chi connectivity index (χ0n) is 16.8. The first kappa shape index (κ1) is 19.7. The maximum absolute atomic E-state index is 12.0. The fraction of sp³-hybridized carbons (Fsp3) is 0.579. The van der Waals surface area contributed by atoms with Crippen LogP contribution in [0.15, 0.2) is 22.1 Å². The first-order chi connectivity index (χ1) is 12.9. The van der Waals surface area contributed by atoms with Crippen molar-refractivity contribution in [3.05, 3.63) is 33.7 Å². The summed E-state index contributed by atoms with van der Waals surface area (Å²) in [5.74, 6) is 2.29. The van der Waals surface area contributed by atoms with Gasteiger partial charge in [0.2, 0.25) is 0 Å². The highest BCUT2D eigenvalue weighted by Crippen LogP contribution is 2.24. The van der Waals surface area contributed by atoms with Crippen LogP contribution in [0.3, 0.4) is 0 Å². The van der Waals surface area contributed by atoms with Crippen LogP contribution in [0.25, 0.3) is 0 Å². The first-order valence-electron chi connectivity index (χ1n) is 9.36. The van der Waals surface area contributed by atoms with Gasteiger partial charge in [0.15, 0.2) is 5.16 Å². The zero-order chi connectivity index (χ0) is 19.6. The summed E-state index contributed by atoms with van der Waals surface area (Å²) < 4.78 is 1.58. The normalized spacial score (nSPS) is 14.9. The molecule has 0 bridgehead atoms. The third-order valence-electron chi connectivity index (χ3n) is 4.82. The standard InChI is InChI=1S/C19H28N6OS/c1-13(2)12-25-17(26)7-6-16(22-25)23-8-10-24(11-9-23)18-14(3)15(4)20-19(21-18)27-5/h6-7,13H,8-12H2,1-5H3. The van der Waals surface area contributed by atoms with E-state index in [1.54, 1.807) is 22.5 Å². The van der Waals surface area contributed by atoms with Crippen molar-refractivity contribution in [3.8, 4) is 0 Å². The van der Waals surface area contributed by atoms with Gasteiger partial charge in [-0.3, -0.25) is 4.79 Å². The Balaban J connectivity index is 1.75. The predicted octanol–water partition coefficient (Wildman–Crippen LogP) is 2.35. The van der Waals surface area contributed by atoms with Crippen molar-refractivity contribution in [1.82, 2.24) is 19.7 Å². The lowest BCUT2D eigenvalue weighted by molar-refractivity contribution is 0.461. The second-order valence-electron chi connectivity index (χ2n) is 7.32. The van der Waals surface area contributed by atoms with Crippen LogP contribution >= 0.6 is 11.8 Å². The Morgan fingerprint density at radius 3 is 2.37 bits per heavy atom. The van der Waals surface area contributed by atoms with Gasteiger partial charge in [0, 0.05) is 50.0 Å². The minimum Gasteiger partial charge on any atom is -0.353 e. The summed E-state index contributed by atoms with van der Waals surface area (Å²) in [6.45, 7) is 12.4. The Morgan fingerprint density at radius 1 is 1.07 bits per heavy atom. The molecule has 1 aliphatic heterocycles. The Labute approximate surface area is 164 Å². The van der Waals surface area contributed by atoms with Crippen LogP contribution in [0.4, 0.5) is 11.6 Å². The number of hydrogen-bond acceptors (Lipinski definition) is 7. The summed E-state index contributed by atoms with van der Waals surface area (Å²) in [6, 6.07) is 3.46. The summed E-state index contributed by atoms with van der Waals surface area (Å²) in [7, 11) is 0. The van der Waals surface area contributed by atoms with Crippen LogP contribution in [0.2, 0.25) is 0 Å². The van der Waals surface area contributed by atoms with E-state index in [-0.39, 0.29) is 5.56 Å². The number of thioether (sulfide) groups is 1. The average molecular weight is 389 g/mol. The quantitative estimate of drug-likeness (QED) is 0.575. The van der Waals surface area contributed by atoms with E-state index in [0.29, 0.717) is 12.5 Å². The molecule has 2 aromatic rings. The molecule has 7 nitrogen and oxygen atoms in total. The second kappa shape index (κ2) is 8.29. The fourth-order valence-corrected chi connectivity index (χ4v) is 3.62. The Hall–Kier alpha value is -2.09. The van der Waals surface area contributed by atoms with Crippen molar-refractivity contribution in [2.45, 2.75) is 39.4 Å². The number of nitrogens with zero attached hydrogens (tertiary/aromatic N) is 6. The maximum atomic E-state index is 12.0. The van der Waals surface area contributed by atoms with E-state index in [1.807, 2.05) is 19.2 Å². The van der Waals surface area contributed by atoms with Crippen molar-refractivity contribution < 1.29 is 0 Å². The molecule has 8 heteroatoms. The van der Waals surface area contributed by atoms with Crippen LogP contribution < -0.4 is 15.4 Å². The number of hydrogen-bond donors (Lipinski definition) is 0. The van der Waals surface area contributed by atoms with Gasteiger partial charge in [-0.25, -0.2) is 14.6 Å². The molecule has 3 heterocycles. The van der Waals surface area contributed by atoms with Gasteiger partial charge < -0.3 is 9.80 Å². The number of aryl methyl sites for hydroxylation is 1. The third kappa shape index (κ3) is 4.43. The summed E-state index contributed by atoms with van der Waals surface area (Å²) >= 11 is 1.57. The van der Waals surface area contributed by atoms with Crippen molar-refractivity contribution in [2.24, 2.45) is 5.92 Å². The number of rotatable bonds is 5. The van der Waals surface area contributed by atoms with Crippen LogP contribution in [0.5, 0.6) is 0 Å². The molecule has 27 heavy (non-hydrogen) atoms. The van der Waals surface area contributed by atoms with Crippen LogP contribution in [-0.2, 0) is 6.54 Å². The van der Waals surface area contributed by atoms with Gasteiger partial charge in [-0.2, -0.15) is 5.10 Å². The van der Waals surface area contributed by atoms with Crippen molar-refractivity contribution in [2.75, 3.05) is 42.2 Å². The highest BCUT2D eigenvalue weighted by molar-refractivity contribution is 7.98. The van der Waals surface area contributed by atoms with Gasteiger partial charge in [-0.15, -0.1) is 0 Å². The zero-order valence-corrected chi connectivity index (χ0v) is 17.6. The molecule has 0 aliphatic carbocycles. The average Bonchev–Trinajstić information content (AvgIpc) is 2.65. The van der Waals surface area contributed by atoms with E-state index in [2.05, 4.69) is 40.7 Å². The Morgan fingerprint density at radius 2 is 1.74 bits per heavy atom. The molecule has 0 unspecified atom stereocenters. The molecule has 146 valence electrons. The lowest BCUT2D eigenvalue weighted by atomic mass is 10.2. The Bertz CT molecular complexity index is 858. The van der Waals surface area contributed by atoms with E-state index < -0.39 is 0 Å². The summed E-state index contributed by atoms with van der Waals surface area (Å²) in [4.78, 5) is 25.8. The minimum absolute atomic E-state index is 0.0391. The highest BCUT2D eigenvalue weighted by Gasteiger charge is 2.22. The van der Waals surface area contributed by atoms with Crippen molar-refractivity contribution in [3.63, 3.8) is 0 Å². The molecule has 3 rings (SSSR count). The summed E-state index contributed by atoms with van der Waals surface area (Å²) in [5, 5.41) is 5.39. The second-order valence-corrected chi connectivity index (χ2v) is 8.10. The van der Waals surface area contributed by atoms with Crippen LogP contribution in [-0.4, -0.2) is 52.2 Å². The van der Waals surface area contributed by atoms with Gasteiger partial charge in [0.25, 0.3) is 5.56 Å². The van der Waals surface area contributed by atoms with E-state index in [4.69, 9.17) is 4.98 Å². The van der Waals surface area contributed by atoms with E-state index >= 15 is 0 Å². The van der Waals surface area contributed by atoms with Gasteiger partial charge in [-0.1, -0.05) is 25.6 Å². The molecule has 0 amide bonds. The largest absolute Gasteiger partial charge is 0.353 e. The number of piperazine rings is 1. The van der Waals surface area contributed by atoms with Gasteiger partial charge >= 0.3 is 0 Å². The topological polar surface area (TPSA) is 67.2 Å². The summed E-state index contributed by atoms with van der Waals surface area (Å²) in [5.41, 5.74) is 2.14. The molecule has 0 saturated carbocycles. The highest BCUT2D eigenvalue weighted by atomic mass is 32.2. The van der Waals surface area contributed by atoms with Gasteiger partial charge in [0.1, 0.15) is 11.6 Å². The summed E-state index contributed by atoms with van der Waals surface area (Å²) in [6.07, 6.45) is 2.00. The third-order valence-corrected chi connectivity index (χ3v) is 5.37. The van der Waals surface area contributed by atoms with Gasteiger partial charge in [-0.05, 0) is 32.1 Å². The van der Waals surface area contributed by atoms with Crippen molar-refractivity contribution in [1.29, 1.82) is 0 Å². The molecular weight excluding hydrogens is 360 g/mol. The minimum atomic E-state index is -0.0391. The lowest BCUT2D eigenvalue weighted by Gasteiger charge is -2.36. The van der Waals surface area contributed by atoms with Gasteiger partial charge in [0.05, 0.1) is 0 Å².